The first-order valence-electron chi connectivity index (χ1n) is 5.50. The van der Waals surface area contributed by atoms with E-state index in [0.29, 0.717) is 0 Å². The van der Waals surface area contributed by atoms with Crippen LogP contribution in [-0.4, -0.2) is 36.9 Å². The predicted molar refractivity (Wildman–Crippen MR) is 60.0 cm³/mol. The fourth-order valence-corrected chi connectivity index (χ4v) is 2.30. The maximum atomic E-state index is 13.0. The summed E-state index contributed by atoms with van der Waals surface area (Å²) in [4.78, 5) is 11.8. The van der Waals surface area contributed by atoms with Crippen molar-refractivity contribution in [2.75, 3.05) is 5.75 Å². The molecule has 21 heavy (non-hydrogen) atoms. The fourth-order valence-electron chi connectivity index (χ4n) is 1.74. The van der Waals surface area contributed by atoms with Crippen LogP contribution in [0.3, 0.4) is 0 Å². The van der Waals surface area contributed by atoms with Gasteiger partial charge >= 0.3 is 12.4 Å². The zero-order chi connectivity index (χ0) is 17.5. The van der Waals surface area contributed by atoms with Gasteiger partial charge in [0.25, 0.3) is 10.1 Å². The van der Waals surface area contributed by atoms with Crippen LogP contribution in [0.5, 0.6) is 0 Å². The molecule has 0 radical (unpaired) electrons. The van der Waals surface area contributed by atoms with Crippen molar-refractivity contribution in [2.45, 2.75) is 39.5 Å². The van der Waals surface area contributed by atoms with Gasteiger partial charge in [-0.05, 0) is 6.42 Å². The van der Waals surface area contributed by atoms with E-state index >= 15 is 0 Å². The van der Waals surface area contributed by atoms with Gasteiger partial charge in [0.05, 0.1) is 5.75 Å². The molecule has 0 atom stereocenters. The number of halogens is 6. The largest absolute Gasteiger partial charge is 0.410 e. The highest BCUT2D eigenvalue weighted by Crippen LogP contribution is 2.55. The molecule has 0 aliphatic heterocycles. The van der Waals surface area contributed by atoms with E-state index in [1.54, 1.807) is 0 Å². The van der Waals surface area contributed by atoms with Gasteiger partial charge in [-0.2, -0.15) is 34.8 Å². The number of hydrogen-bond donors (Lipinski definition) is 1. The molecule has 0 saturated heterocycles. The lowest BCUT2D eigenvalue weighted by molar-refractivity contribution is -0.327. The molecule has 0 amide bonds. The average molecular weight is 344 g/mol. The van der Waals surface area contributed by atoms with Crippen molar-refractivity contribution in [1.82, 2.24) is 0 Å². The Balaban J connectivity index is 6.24. The Labute approximate surface area is 117 Å². The van der Waals surface area contributed by atoms with E-state index in [4.69, 9.17) is 4.55 Å². The summed E-state index contributed by atoms with van der Waals surface area (Å²) in [5, 5.41) is 0. The number of alkyl halides is 6. The molecule has 0 aliphatic rings. The maximum Gasteiger partial charge on any atom is 0.410 e. The van der Waals surface area contributed by atoms with E-state index in [9.17, 15) is 39.6 Å². The summed E-state index contributed by atoms with van der Waals surface area (Å²) in [5.74, 6) is -4.05. The summed E-state index contributed by atoms with van der Waals surface area (Å²) in [5.41, 5.74) is -6.88. The summed E-state index contributed by atoms with van der Waals surface area (Å²) in [6.07, 6.45) is -14.2. The van der Waals surface area contributed by atoms with Crippen LogP contribution in [0.2, 0.25) is 0 Å². The molecule has 0 bridgehead atoms. The van der Waals surface area contributed by atoms with E-state index in [0.717, 1.165) is 20.8 Å². The molecular formula is C10H14F6O4S. The average Bonchev–Trinajstić information content (AvgIpc) is 2.09. The fraction of sp³-hybridized carbons (Fsp3) is 0.900. The van der Waals surface area contributed by atoms with Gasteiger partial charge in [0.2, 0.25) is 5.41 Å². The Bertz CT molecular complexity index is 483. The van der Waals surface area contributed by atoms with Gasteiger partial charge in [0, 0.05) is 5.41 Å². The van der Waals surface area contributed by atoms with Crippen LogP contribution in [0.25, 0.3) is 0 Å². The SMILES string of the molecule is CC(C)(C)C(=O)C(CCS(=O)(=O)O)(C(F)(F)F)C(F)(F)F. The minimum Gasteiger partial charge on any atom is -0.298 e. The lowest BCUT2D eigenvalue weighted by Gasteiger charge is -2.39. The Morgan fingerprint density at radius 1 is 0.952 bits per heavy atom. The van der Waals surface area contributed by atoms with Gasteiger partial charge in [-0.25, -0.2) is 0 Å². The number of ketones is 1. The highest BCUT2D eigenvalue weighted by molar-refractivity contribution is 7.85. The van der Waals surface area contributed by atoms with Crippen molar-refractivity contribution in [2.24, 2.45) is 10.8 Å². The molecule has 126 valence electrons. The molecule has 11 heteroatoms. The van der Waals surface area contributed by atoms with Gasteiger partial charge < -0.3 is 0 Å². The topological polar surface area (TPSA) is 71.4 Å². The van der Waals surface area contributed by atoms with Crippen molar-refractivity contribution in [3.63, 3.8) is 0 Å². The molecule has 0 fully saturated rings. The van der Waals surface area contributed by atoms with Gasteiger partial charge in [-0.15, -0.1) is 0 Å². The second-order valence-electron chi connectivity index (χ2n) is 5.52. The summed E-state index contributed by atoms with van der Waals surface area (Å²) in [6.45, 7) is 2.57. The molecule has 0 unspecified atom stereocenters. The van der Waals surface area contributed by atoms with E-state index in [1.165, 1.54) is 0 Å². The third-order valence-corrected chi connectivity index (χ3v) is 3.49. The first-order chi connectivity index (χ1) is 8.86. The normalized spacial score (nSPS) is 15.1. The zero-order valence-corrected chi connectivity index (χ0v) is 12.1. The monoisotopic (exact) mass is 344 g/mol. The molecule has 0 rings (SSSR count). The summed E-state index contributed by atoms with van der Waals surface area (Å²) in [6, 6.07) is 0. The number of Topliss-reactive ketones (excluding diaryl/α,β-unsaturated/α-hetero) is 1. The maximum absolute atomic E-state index is 13.0. The number of hydrogen-bond acceptors (Lipinski definition) is 3. The molecule has 0 aromatic carbocycles. The van der Waals surface area contributed by atoms with Gasteiger partial charge in [-0.3, -0.25) is 9.35 Å². The third kappa shape index (κ3) is 4.31. The second-order valence-corrected chi connectivity index (χ2v) is 7.09. The minimum absolute atomic E-state index is 0.856. The zero-order valence-electron chi connectivity index (χ0n) is 11.3. The highest BCUT2D eigenvalue weighted by atomic mass is 32.2. The molecule has 0 heterocycles. The Morgan fingerprint density at radius 3 is 1.48 bits per heavy atom. The van der Waals surface area contributed by atoms with Crippen molar-refractivity contribution in [3.05, 3.63) is 0 Å². The molecular weight excluding hydrogens is 330 g/mol. The number of carbonyl (C=O) groups excluding carboxylic acids is 1. The first kappa shape index (κ1) is 20.2. The molecule has 0 aromatic rings. The van der Waals surface area contributed by atoms with E-state index in [1.807, 2.05) is 0 Å². The van der Waals surface area contributed by atoms with E-state index in [2.05, 4.69) is 0 Å². The lowest BCUT2D eigenvalue weighted by Crippen LogP contribution is -2.59. The van der Waals surface area contributed by atoms with Gasteiger partial charge in [-0.1, -0.05) is 20.8 Å². The number of carbonyl (C=O) groups is 1. The summed E-state index contributed by atoms with van der Waals surface area (Å²) >= 11 is 0. The quantitative estimate of drug-likeness (QED) is 0.629. The molecule has 0 aromatic heterocycles. The minimum atomic E-state index is -6.06. The highest BCUT2D eigenvalue weighted by Gasteiger charge is 2.75. The van der Waals surface area contributed by atoms with Gasteiger partial charge in [0.1, 0.15) is 0 Å². The van der Waals surface area contributed by atoms with Crippen LogP contribution in [-0.2, 0) is 14.9 Å². The van der Waals surface area contributed by atoms with Gasteiger partial charge in [0.15, 0.2) is 5.78 Å². The first-order valence-corrected chi connectivity index (χ1v) is 7.11. The molecule has 0 spiro atoms. The second kappa shape index (κ2) is 5.41. The van der Waals surface area contributed by atoms with Crippen LogP contribution in [0.15, 0.2) is 0 Å². The van der Waals surface area contributed by atoms with Crippen LogP contribution in [0.1, 0.15) is 27.2 Å². The van der Waals surface area contributed by atoms with Crippen molar-refractivity contribution in [1.29, 1.82) is 0 Å². The van der Waals surface area contributed by atoms with Crippen molar-refractivity contribution >= 4 is 15.9 Å². The Morgan fingerprint density at radius 2 is 1.29 bits per heavy atom. The standard InChI is InChI=1S/C10H14F6O4S/c1-7(2,3)6(17)8(9(11,12)13,10(14,15)16)4-5-21(18,19)20/h4-5H2,1-3H3,(H,18,19,20). The van der Waals surface area contributed by atoms with Crippen molar-refractivity contribution < 1.29 is 44.1 Å². The van der Waals surface area contributed by atoms with E-state index in [-0.39, 0.29) is 0 Å². The molecule has 4 nitrogen and oxygen atoms in total. The molecule has 0 aliphatic carbocycles. The molecule has 0 saturated carbocycles. The van der Waals surface area contributed by atoms with Crippen LogP contribution >= 0.6 is 0 Å². The Kier molecular flexibility index (Phi) is 5.20. The number of rotatable bonds is 4. The molecule has 1 N–H and O–H groups in total. The van der Waals surface area contributed by atoms with Crippen LogP contribution in [0.4, 0.5) is 26.3 Å². The smallest absolute Gasteiger partial charge is 0.298 e. The summed E-state index contributed by atoms with van der Waals surface area (Å²) in [7, 11) is -5.11. The predicted octanol–water partition coefficient (Wildman–Crippen LogP) is 2.99. The van der Waals surface area contributed by atoms with Crippen LogP contribution in [0, 0.1) is 10.8 Å². The van der Waals surface area contributed by atoms with Crippen molar-refractivity contribution in [3.8, 4) is 0 Å². The van der Waals surface area contributed by atoms with E-state index < -0.39 is 51.3 Å². The summed E-state index contributed by atoms with van der Waals surface area (Å²) < 4.78 is 108. The third-order valence-electron chi connectivity index (χ3n) is 2.77. The van der Waals surface area contributed by atoms with Crippen LogP contribution < -0.4 is 0 Å². The Hall–Kier alpha value is -0.840. The lowest BCUT2D eigenvalue weighted by atomic mass is 9.69.